The van der Waals surface area contributed by atoms with E-state index in [1.807, 2.05) is 4.57 Å². The Balaban J connectivity index is 1.46. The SMILES string of the molecule is [2H]c1c([2H])c([2H])c(-n2c3ccc([Si](c4ccccc4)(c4ccccc4)c4ccccc4)cc3c3c4c5ccccc5c5ccccc5c4ccc32)c([2H])c1[2H]. The highest BCUT2D eigenvalue weighted by Crippen LogP contribution is 2.43. The molecule has 0 aliphatic carbocycles. The largest absolute Gasteiger partial charge is 0.309 e. The van der Waals surface area contributed by atoms with Crippen LogP contribution in [0.2, 0.25) is 0 Å². The Hall–Kier alpha value is -6.22. The number of para-hydroxylation sites is 1. The number of rotatable bonds is 5. The van der Waals surface area contributed by atoms with Crippen LogP contribution in [0.15, 0.2) is 200 Å². The van der Waals surface area contributed by atoms with E-state index in [0.717, 1.165) is 48.7 Å². The molecular weight excluding hydrogens is 619 g/mol. The fourth-order valence-electron chi connectivity index (χ4n) is 8.40. The van der Waals surface area contributed by atoms with Gasteiger partial charge in [0.25, 0.3) is 0 Å². The summed E-state index contributed by atoms with van der Waals surface area (Å²) in [7, 11) is -2.95. The lowest BCUT2D eigenvalue weighted by molar-refractivity contribution is 1.18. The molecule has 0 aliphatic rings. The standard InChI is InChI=1S/C48H33NSi/c1-5-17-34(18-6-1)49-45-31-29-38(50(35-19-7-2-8-20-35,36-21-9-3-10-22-36)37-23-11-4-12-24-37)33-44(45)48-46(49)32-30-43-41-27-14-13-25-39(41)40-26-15-16-28-42(40)47(43)48/h1-33H/i1D,5D,6D,17D,18D. The normalized spacial score (nSPS) is 13.4. The van der Waals surface area contributed by atoms with Crippen LogP contribution < -0.4 is 20.7 Å². The highest BCUT2D eigenvalue weighted by atomic mass is 28.3. The minimum absolute atomic E-state index is 0.140. The van der Waals surface area contributed by atoms with Gasteiger partial charge >= 0.3 is 0 Å². The molecular formula is C48H33NSi. The predicted molar refractivity (Wildman–Crippen MR) is 217 cm³/mol. The molecule has 0 atom stereocenters. The van der Waals surface area contributed by atoms with Gasteiger partial charge < -0.3 is 4.57 Å². The molecule has 2 heteroatoms. The Kier molecular flexibility index (Phi) is 5.49. The van der Waals surface area contributed by atoms with Gasteiger partial charge in [-0.2, -0.15) is 0 Å². The zero-order valence-corrected chi connectivity index (χ0v) is 28.1. The quantitative estimate of drug-likeness (QED) is 0.0988. The lowest BCUT2D eigenvalue weighted by atomic mass is 9.92. The van der Waals surface area contributed by atoms with Crippen molar-refractivity contribution < 1.29 is 6.85 Å². The van der Waals surface area contributed by atoms with Gasteiger partial charge in [-0.25, -0.2) is 0 Å². The Bertz CT molecular complexity index is 2980. The van der Waals surface area contributed by atoms with E-state index in [1.54, 1.807) is 0 Å². The minimum Gasteiger partial charge on any atom is -0.309 e. The van der Waals surface area contributed by atoms with E-state index in [1.165, 1.54) is 26.1 Å². The molecule has 1 nitrogen and oxygen atoms in total. The first-order chi connectivity index (χ1) is 26.9. The van der Waals surface area contributed by atoms with E-state index in [9.17, 15) is 0 Å². The first-order valence-corrected chi connectivity index (χ1v) is 19.0. The van der Waals surface area contributed by atoms with Crippen molar-refractivity contribution in [3.8, 4) is 5.69 Å². The van der Waals surface area contributed by atoms with Gasteiger partial charge in [-0.15, -0.1) is 0 Å². The topological polar surface area (TPSA) is 4.93 Å². The van der Waals surface area contributed by atoms with Crippen LogP contribution in [0.3, 0.4) is 0 Å². The Labute approximate surface area is 299 Å². The molecule has 0 amide bonds. The second-order valence-corrected chi connectivity index (χ2v) is 16.7. The van der Waals surface area contributed by atoms with Crippen LogP contribution in [0.25, 0.3) is 59.8 Å². The number of aromatic nitrogens is 1. The monoisotopic (exact) mass is 656 g/mol. The maximum atomic E-state index is 9.16. The van der Waals surface area contributed by atoms with Crippen molar-refractivity contribution in [1.29, 1.82) is 0 Å². The molecule has 0 spiro atoms. The molecule has 10 aromatic rings. The highest BCUT2D eigenvalue weighted by Gasteiger charge is 2.41. The van der Waals surface area contributed by atoms with Gasteiger partial charge in [0.05, 0.1) is 17.9 Å². The molecule has 0 aliphatic heterocycles. The van der Waals surface area contributed by atoms with Gasteiger partial charge in [-0.3, -0.25) is 0 Å². The molecule has 9 aromatic carbocycles. The van der Waals surface area contributed by atoms with Crippen LogP contribution in [0.1, 0.15) is 6.85 Å². The van der Waals surface area contributed by atoms with Crippen LogP contribution in [0.4, 0.5) is 0 Å². The third-order valence-electron chi connectivity index (χ3n) is 10.4. The molecule has 0 N–H and O–H groups in total. The smallest absolute Gasteiger partial charge is 0.179 e. The number of fused-ring (bicyclic) bond motifs is 10. The molecule has 1 aromatic heterocycles. The van der Waals surface area contributed by atoms with E-state index in [4.69, 9.17) is 6.85 Å². The molecule has 10 rings (SSSR count). The fraction of sp³-hybridized carbons (Fsp3) is 0. The minimum atomic E-state index is -2.95. The van der Waals surface area contributed by atoms with Crippen molar-refractivity contribution in [2.45, 2.75) is 0 Å². The van der Waals surface area contributed by atoms with Crippen molar-refractivity contribution in [3.63, 3.8) is 0 Å². The van der Waals surface area contributed by atoms with Crippen molar-refractivity contribution in [2.24, 2.45) is 0 Å². The summed E-state index contributed by atoms with van der Waals surface area (Å²) >= 11 is 0. The van der Waals surface area contributed by atoms with Crippen LogP contribution in [0.5, 0.6) is 0 Å². The summed E-state index contributed by atoms with van der Waals surface area (Å²) in [5, 5.41) is 13.6. The van der Waals surface area contributed by atoms with E-state index < -0.39 is 14.1 Å². The predicted octanol–water partition coefficient (Wildman–Crippen LogP) is 9.62. The molecule has 234 valence electrons. The summed E-state index contributed by atoms with van der Waals surface area (Å²) in [4.78, 5) is 0. The number of hydrogen-bond acceptors (Lipinski definition) is 0. The molecule has 0 unspecified atom stereocenters. The summed E-state index contributed by atoms with van der Waals surface area (Å²) in [5.41, 5.74) is 1.70. The third-order valence-corrected chi connectivity index (χ3v) is 15.2. The lowest BCUT2D eigenvalue weighted by Gasteiger charge is -2.34. The number of nitrogens with zero attached hydrogens (tertiary/aromatic N) is 1. The fourth-order valence-corrected chi connectivity index (χ4v) is 13.2. The van der Waals surface area contributed by atoms with Crippen molar-refractivity contribution in [3.05, 3.63) is 200 Å². The van der Waals surface area contributed by atoms with E-state index in [-0.39, 0.29) is 29.9 Å². The van der Waals surface area contributed by atoms with E-state index in [0.29, 0.717) is 0 Å². The maximum Gasteiger partial charge on any atom is 0.179 e. The third kappa shape index (κ3) is 4.12. The first-order valence-electron chi connectivity index (χ1n) is 19.5. The van der Waals surface area contributed by atoms with Crippen LogP contribution >= 0.6 is 0 Å². The molecule has 1 heterocycles. The molecule has 0 saturated carbocycles. The lowest BCUT2D eigenvalue weighted by Crippen LogP contribution is -2.74. The van der Waals surface area contributed by atoms with E-state index >= 15 is 0 Å². The molecule has 0 bridgehead atoms. The number of benzene rings is 9. The average molecular weight is 657 g/mol. The van der Waals surface area contributed by atoms with Crippen LogP contribution in [-0.4, -0.2) is 12.6 Å². The molecule has 0 saturated heterocycles. The van der Waals surface area contributed by atoms with Gasteiger partial charge in [0.1, 0.15) is 0 Å². The summed E-state index contributed by atoms with van der Waals surface area (Å²) < 4.78 is 46.0. The van der Waals surface area contributed by atoms with Crippen LogP contribution in [0, 0.1) is 0 Å². The van der Waals surface area contributed by atoms with Crippen molar-refractivity contribution in [1.82, 2.24) is 4.57 Å². The summed E-state index contributed by atoms with van der Waals surface area (Å²) in [6.45, 7) is 0. The average Bonchev–Trinajstić information content (AvgIpc) is 3.57. The van der Waals surface area contributed by atoms with Crippen molar-refractivity contribution in [2.75, 3.05) is 0 Å². The summed E-state index contributed by atoms with van der Waals surface area (Å²) in [6, 6.07) is 58.7. The zero-order valence-electron chi connectivity index (χ0n) is 32.1. The first kappa shape index (κ1) is 24.0. The number of hydrogen-bond donors (Lipinski definition) is 0. The molecule has 0 radical (unpaired) electrons. The summed E-state index contributed by atoms with van der Waals surface area (Å²) in [6.07, 6.45) is 0. The molecule has 50 heavy (non-hydrogen) atoms. The van der Waals surface area contributed by atoms with Gasteiger partial charge in [-0.1, -0.05) is 176 Å². The Morgan fingerprint density at radius 2 is 0.820 bits per heavy atom. The van der Waals surface area contributed by atoms with Crippen molar-refractivity contribution >= 4 is 82.9 Å². The zero-order chi connectivity index (χ0) is 37.4. The Morgan fingerprint density at radius 1 is 0.360 bits per heavy atom. The van der Waals surface area contributed by atoms with Gasteiger partial charge in [0.15, 0.2) is 8.07 Å². The van der Waals surface area contributed by atoms with Gasteiger partial charge in [-0.05, 0) is 71.9 Å². The second kappa shape index (κ2) is 11.4. The van der Waals surface area contributed by atoms with E-state index in [2.05, 4.69) is 170 Å². The molecule has 0 fully saturated rings. The second-order valence-electron chi connectivity index (χ2n) is 12.9. The van der Waals surface area contributed by atoms with Gasteiger partial charge in [0, 0.05) is 21.8 Å². The Morgan fingerprint density at radius 3 is 1.38 bits per heavy atom. The highest BCUT2D eigenvalue weighted by molar-refractivity contribution is 7.20. The summed E-state index contributed by atoms with van der Waals surface area (Å²) in [5.74, 6) is 0. The maximum absolute atomic E-state index is 9.16. The van der Waals surface area contributed by atoms with Crippen LogP contribution in [-0.2, 0) is 0 Å². The van der Waals surface area contributed by atoms with Gasteiger partial charge in [0.2, 0.25) is 0 Å².